The minimum atomic E-state index is -0.178. The molecule has 1 amide bonds. The van der Waals surface area contributed by atoms with Crippen LogP contribution in [0.25, 0.3) is 0 Å². The van der Waals surface area contributed by atoms with E-state index in [0.717, 1.165) is 0 Å². The lowest BCUT2D eigenvalue weighted by Gasteiger charge is -2.06. The molecule has 0 atom stereocenters. The molecule has 0 aliphatic carbocycles. The molecule has 0 unspecified atom stereocenters. The highest BCUT2D eigenvalue weighted by Gasteiger charge is 1.97. The summed E-state index contributed by atoms with van der Waals surface area (Å²) < 4.78 is 0. The summed E-state index contributed by atoms with van der Waals surface area (Å²) in [5, 5.41) is 0.464. The van der Waals surface area contributed by atoms with Gasteiger partial charge in [-0.2, -0.15) is 0 Å². The van der Waals surface area contributed by atoms with Crippen LogP contribution in [0.1, 0.15) is 6.92 Å². The van der Waals surface area contributed by atoms with Crippen LogP contribution >= 0.6 is 11.6 Å². The van der Waals surface area contributed by atoms with Crippen molar-refractivity contribution in [3.8, 4) is 0 Å². The van der Waals surface area contributed by atoms with E-state index in [-0.39, 0.29) is 5.91 Å². The predicted molar refractivity (Wildman–Crippen MR) is 46.7 cm³/mol. The monoisotopic (exact) mass is 185 g/mol. The summed E-state index contributed by atoms with van der Waals surface area (Å²) >= 11 is 5.73. The molecule has 64 valence electrons. The van der Waals surface area contributed by atoms with Crippen LogP contribution in [0.15, 0.2) is 18.5 Å². The van der Waals surface area contributed by atoms with Gasteiger partial charge in [0, 0.05) is 19.3 Å². The maximum Gasteiger partial charge on any atom is 0.235 e. The van der Waals surface area contributed by atoms with Crippen LogP contribution in [0, 0.1) is 0 Å². The largest absolute Gasteiger partial charge is 0.297 e. The first kappa shape index (κ1) is 8.80. The Hall–Kier alpha value is -1.29. The Labute approximate surface area is 74.9 Å². The fourth-order valence-corrected chi connectivity index (χ4v) is 0.799. The second-order valence-corrected chi connectivity index (χ2v) is 2.57. The topological polar surface area (TPSA) is 54.0 Å². The van der Waals surface area contributed by atoms with E-state index in [0.29, 0.717) is 10.7 Å². The van der Waals surface area contributed by atoms with Gasteiger partial charge >= 0.3 is 0 Å². The average Bonchev–Trinajstić information content (AvgIpc) is 2.03. The summed E-state index contributed by atoms with van der Waals surface area (Å²) in [6.45, 7) is 1.40. The molecule has 1 rings (SSSR count). The van der Waals surface area contributed by atoms with Crippen LogP contribution in [-0.4, -0.2) is 10.9 Å². The number of halogens is 1. The number of aromatic nitrogens is 1. The fourth-order valence-electron chi connectivity index (χ4n) is 0.632. The van der Waals surface area contributed by atoms with Crippen LogP contribution < -0.4 is 10.9 Å². The zero-order valence-corrected chi connectivity index (χ0v) is 7.22. The van der Waals surface area contributed by atoms with Crippen molar-refractivity contribution >= 4 is 23.2 Å². The normalized spacial score (nSPS) is 9.17. The zero-order chi connectivity index (χ0) is 8.97. The van der Waals surface area contributed by atoms with Crippen molar-refractivity contribution in [3.05, 3.63) is 23.5 Å². The van der Waals surface area contributed by atoms with Gasteiger partial charge in [0.05, 0.1) is 10.7 Å². The molecule has 0 saturated heterocycles. The van der Waals surface area contributed by atoms with E-state index in [9.17, 15) is 4.79 Å². The molecule has 0 fully saturated rings. The third-order valence-electron chi connectivity index (χ3n) is 1.15. The summed E-state index contributed by atoms with van der Waals surface area (Å²) in [7, 11) is 0. The van der Waals surface area contributed by atoms with E-state index >= 15 is 0 Å². The smallest absolute Gasteiger partial charge is 0.235 e. The fraction of sp³-hybridized carbons (Fsp3) is 0.143. The van der Waals surface area contributed by atoms with Gasteiger partial charge in [-0.25, -0.2) is 0 Å². The van der Waals surface area contributed by atoms with Crippen molar-refractivity contribution in [2.45, 2.75) is 6.92 Å². The van der Waals surface area contributed by atoms with Crippen molar-refractivity contribution in [1.29, 1.82) is 0 Å². The van der Waals surface area contributed by atoms with Gasteiger partial charge in [0.25, 0.3) is 0 Å². The lowest BCUT2D eigenvalue weighted by Crippen LogP contribution is -2.26. The number of pyridine rings is 1. The lowest BCUT2D eigenvalue weighted by molar-refractivity contribution is -0.118. The number of rotatable bonds is 2. The minimum absolute atomic E-state index is 0.178. The molecule has 5 heteroatoms. The first-order valence-corrected chi connectivity index (χ1v) is 3.70. The molecular formula is C7H8ClN3O. The van der Waals surface area contributed by atoms with Gasteiger partial charge in [-0.1, -0.05) is 11.6 Å². The first-order chi connectivity index (χ1) is 5.70. The van der Waals surface area contributed by atoms with Crippen LogP contribution in [0.4, 0.5) is 5.69 Å². The standard InChI is InChI=1S/C7H8ClN3O/c1-5(12)10-11-7-2-3-9-4-6(7)8/h2-4H,1H3,(H,9,11)(H,10,12). The molecule has 0 spiro atoms. The Morgan fingerprint density at radius 1 is 1.67 bits per heavy atom. The minimum Gasteiger partial charge on any atom is -0.297 e. The summed E-state index contributed by atoms with van der Waals surface area (Å²) in [5.74, 6) is -0.178. The van der Waals surface area contributed by atoms with E-state index in [1.807, 2.05) is 0 Å². The number of nitrogens with zero attached hydrogens (tertiary/aromatic N) is 1. The Bertz CT molecular complexity index is 290. The van der Waals surface area contributed by atoms with Gasteiger partial charge in [-0.3, -0.25) is 20.6 Å². The van der Waals surface area contributed by atoms with Gasteiger partial charge in [0.1, 0.15) is 0 Å². The number of anilines is 1. The molecule has 0 radical (unpaired) electrons. The Morgan fingerprint density at radius 2 is 2.42 bits per heavy atom. The number of carbonyl (C=O) groups excluding carboxylic acids is 1. The summed E-state index contributed by atoms with van der Waals surface area (Å²) in [6, 6.07) is 1.66. The van der Waals surface area contributed by atoms with Crippen LogP contribution in [0.3, 0.4) is 0 Å². The van der Waals surface area contributed by atoms with Gasteiger partial charge in [-0.15, -0.1) is 0 Å². The number of amides is 1. The van der Waals surface area contributed by atoms with Gasteiger partial charge < -0.3 is 0 Å². The molecule has 0 aliphatic heterocycles. The predicted octanol–water partition coefficient (Wildman–Crippen LogP) is 1.20. The highest BCUT2D eigenvalue weighted by atomic mass is 35.5. The first-order valence-electron chi connectivity index (χ1n) is 3.32. The van der Waals surface area contributed by atoms with E-state index < -0.39 is 0 Å². The summed E-state index contributed by atoms with van der Waals surface area (Å²) in [4.78, 5) is 14.3. The Morgan fingerprint density at radius 3 is 3.00 bits per heavy atom. The van der Waals surface area contributed by atoms with Crippen LogP contribution in [-0.2, 0) is 4.79 Å². The van der Waals surface area contributed by atoms with Gasteiger partial charge in [0.2, 0.25) is 5.91 Å². The molecule has 12 heavy (non-hydrogen) atoms. The molecule has 4 nitrogen and oxygen atoms in total. The molecular weight excluding hydrogens is 178 g/mol. The third kappa shape index (κ3) is 2.39. The summed E-state index contributed by atoms with van der Waals surface area (Å²) in [6.07, 6.45) is 3.07. The lowest BCUT2D eigenvalue weighted by atomic mass is 10.4. The molecule has 0 bridgehead atoms. The molecule has 0 aromatic carbocycles. The quantitative estimate of drug-likeness (QED) is 0.681. The van der Waals surface area contributed by atoms with Crippen molar-refractivity contribution in [2.75, 3.05) is 5.43 Å². The average molecular weight is 186 g/mol. The molecule has 1 heterocycles. The van der Waals surface area contributed by atoms with E-state index in [1.54, 1.807) is 12.3 Å². The number of hydrazine groups is 1. The molecule has 0 aliphatic rings. The number of nitrogens with one attached hydrogen (secondary N) is 2. The number of hydrogen-bond donors (Lipinski definition) is 2. The molecule has 1 aromatic heterocycles. The third-order valence-corrected chi connectivity index (χ3v) is 1.45. The second-order valence-electron chi connectivity index (χ2n) is 2.16. The maximum absolute atomic E-state index is 10.5. The number of hydrogen-bond acceptors (Lipinski definition) is 3. The van der Waals surface area contributed by atoms with Crippen molar-refractivity contribution in [1.82, 2.24) is 10.4 Å². The molecule has 2 N–H and O–H groups in total. The highest BCUT2D eigenvalue weighted by molar-refractivity contribution is 6.33. The molecule has 1 aromatic rings. The second kappa shape index (κ2) is 3.92. The van der Waals surface area contributed by atoms with E-state index in [4.69, 9.17) is 11.6 Å². The molecule has 0 saturated carbocycles. The van der Waals surface area contributed by atoms with Crippen LogP contribution in [0.2, 0.25) is 5.02 Å². The van der Waals surface area contributed by atoms with Gasteiger partial charge in [0.15, 0.2) is 0 Å². The zero-order valence-electron chi connectivity index (χ0n) is 6.47. The van der Waals surface area contributed by atoms with Crippen molar-refractivity contribution < 1.29 is 4.79 Å². The van der Waals surface area contributed by atoms with Gasteiger partial charge in [-0.05, 0) is 6.07 Å². The van der Waals surface area contributed by atoms with Crippen molar-refractivity contribution in [2.24, 2.45) is 0 Å². The van der Waals surface area contributed by atoms with E-state index in [1.165, 1.54) is 13.1 Å². The number of carbonyl (C=O) groups is 1. The maximum atomic E-state index is 10.5. The van der Waals surface area contributed by atoms with Crippen molar-refractivity contribution in [3.63, 3.8) is 0 Å². The van der Waals surface area contributed by atoms with E-state index in [2.05, 4.69) is 15.8 Å². The van der Waals surface area contributed by atoms with Crippen LogP contribution in [0.5, 0.6) is 0 Å². The SMILES string of the molecule is CC(=O)NNc1ccncc1Cl. The Balaban J connectivity index is 2.63. The summed E-state index contributed by atoms with van der Waals surface area (Å²) in [5.41, 5.74) is 5.67. The Kier molecular flexibility index (Phi) is 2.88. The highest BCUT2D eigenvalue weighted by Crippen LogP contribution is 2.17.